The minimum Gasteiger partial charge on any atom is -0.385 e. The summed E-state index contributed by atoms with van der Waals surface area (Å²) in [5.41, 5.74) is 0.758. The van der Waals surface area contributed by atoms with Crippen LogP contribution in [0.1, 0.15) is 16.8 Å². The first-order chi connectivity index (χ1) is 11.9. The highest BCUT2D eigenvalue weighted by Gasteiger charge is 2.18. The van der Waals surface area contributed by atoms with Crippen molar-refractivity contribution in [1.29, 1.82) is 0 Å². The fraction of sp³-hybridized carbons (Fsp3) is 0.278. The van der Waals surface area contributed by atoms with Crippen LogP contribution < -0.4 is 10.6 Å². The van der Waals surface area contributed by atoms with E-state index < -0.39 is 28.9 Å². The molecule has 0 heterocycles. The Morgan fingerprint density at radius 1 is 0.960 bits per heavy atom. The van der Waals surface area contributed by atoms with Crippen LogP contribution in [0.3, 0.4) is 0 Å². The highest BCUT2D eigenvalue weighted by Crippen LogP contribution is 2.18. The van der Waals surface area contributed by atoms with Crippen molar-refractivity contribution in [3.8, 4) is 0 Å². The van der Waals surface area contributed by atoms with E-state index in [-0.39, 0.29) is 0 Å². The number of nitrogens with zero attached hydrogens (tertiary/aromatic N) is 1. The molecule has 0 unspecified atom stereocenters. The number of halogens is 3. The second kappa shape index (κ2) is 8.53. The van der Waals surface area contributed by atoms with E-state index in [1.807, 2.05) is 14.1 Å². The zero-order chi connectivity index (χ0) is 18.4. The van der Waals surface area contributed by atoms with Gasteiger partial charge in [-0.1, -0.05) is 0 Å². The Kier molecular flexibility index (Phi) is 6.41. The summed E-state index contributed by atoms with van der Waals surface area (Å²) >= 11 is 0. The topological polar surface area (TPSA) is 44.4 Å². The molecule has 0 aliphatic rings. The maximum Gasteiger partial charge on any atom is 0.258 e. The molecule has 7 heteroatoms. The van der Waals surface area contributed by atoms with Gasteiger partial charge >= 0.3 is 0 Å². The SMILES string of the molecule is CN(C)CCCNc1ccc(NC(=O)c2ccc(F)c(F)c2F)cc1. The molecule has 0 aromatic heterocycles. The summed E-state index contributed by atoms with van der Waals surface area (Å²) in [5.74, 6) is -5.34. The minimum absolute atomic E-state index is 0.424. The van der Waals surface area contributed by atoms with Gasteiger partial charge in [-0.2, -0.15) is 0 Å². The second-order valence-corrected chi connectivity index (χ2v) is 5.84. The highest BCUT2D eigenvalue weighted by molar-refractivity contribution is 6.04. The molecule has 0 atom stereocenters. The third-order valence-corrected chi connectivity index (χ3v) is 3.53. The van der Waals surface area contributed by atoms with Crippen LogP contribution in [0.4, 0.5) is 24.5 Å². The van der Waals surface area contributed by atoms with E-state index in [0.29, 0.717) is 11.8 Å². The lowest BCUT2D eigenvalue weighted by atomic mass is 10.1. The van der Waals surface area contributed by atoms with Gasteiger partial charge in [-0.15, -0.1) is 0 Å². The fourth-order valence-corrected chi connectivity index (χ4v) is 2.20. The maximum absolute atomic E-state index is 13.6. The molecule has 0 fully saturated rings. The number of rotatable bonds is 7. The lowest BCUT2D eigenvalue weighted by Gasteiger charge is -2.11. The highest BCUT2D eigenvalue weighted by atomic mass is 19.2. The van der Waals surface area contributed by atoms with Crippen LogP contribution in [0.5, 0.6) is 0 Å². The Balaban J connectivity index is 1.95. The van der Waals surface area contributed by atoms with Gasteiger partial charge < -0.3 is 15.5 Å². The third kappa shape index (κ3) is 5.22. The molecule has 0 saturated carbocycles. The van der Waals surface area contributed by atoms with E-state index in [4.69, 9.17) is 0 Å². The van der Waals surface area contributed by atoms with Crippen molar-refractivity contribution in [2.45, 2.75) is 6.42 Å². The molecule has 25 heavy (non-hydrogen) atoms. The number of hydrogen-bond donors (Lipinski definition) is 2. The van der Waals surface area contributed by atoms with Crippen molar-refractivity contribution in [2.24, 2.45) is 0 Å². The lowest BCUT2D eigenvalue weighted by molar-refractivity contribution is 0.102. The van der Waals surface area contributed by atoms with Gasteiger partial charge in [0.1, 0.15) is 0 Å². The van der Waals surface area contributed by atoms with Crippen molar-refractivity contribution in [3.05, 3.63) is 59.4 Å². The molecule has 0 spiro atoms. The van der Waals surface area contributed by atoms with Crippen molar-refractivity contribution in [3.63, 3.8) is 0 Å². The van der Waals surface area contributed by atoms with E-state index in [9.17, 15) is 18.0 Å². The lowest BCUT2D eigenvalue weighted by Crippen LogP contribution is -2.16. The Morgan fingerprint density at radius 3 is 2.24 bits per heavy atom. The predicted molar refractivity (Wildman–Crippen MR) is 92.4 cm³/mol. The monoisotopic (exact) mass is 351 g/mol. The standard InChI is InChI=1S/C18H20F3N3O/c1-24(2)11-3-10-22-12-4-6-13(7-5-12)23-18(25)14-8-9-15(19)17(21)16(14)20/h4-9,22H,3,10-11H2,1-2H3,(H,23,25). The van der Waals surface area contributed by atoms with Crippen LogP contribution >= 0.6 is 0 Å². The zero-order valence-electron chi connectivity index (χ0n) is 14.1. The molecular formula is C18H20F3N3O. The van der Waals surface area contributed by atoms with E-state index >= 15 is 0 Å². The smallest absolute Gasteiger partial charge is 0.258 e. The third-order valence-electron chi connectivity index (χ3n) is 3.53. The number of hydrogen-bond acceptors (Lipinski definition) is 3. The summed E-state index contributed by atoms with van der Waals surface area (Å²) in [6, 6.07) is 8.45. The molecule has 0 saturated heterocycles. The average Bonchev–Trinajstić information content (AvgIpc) is 2.58. The van der Waals surface area contributed by atoms with Crippen LogP contribution in [0.25, 0.3) is 0 Å². The van der Waals surface area contributed by atoms with Crippen molar-refractivity contribution < 1.29 is 18.0 Å². The van der Waals surface area contributed by atoms with Crippen molar-refractivity contribution in [1.82, 2.24) is 4.90 Å². The molecule has 0 aliphatic carbocycles. The van der Waals surface area contributed by atoms with Gasteiger partial charge in [-0.3, -0.25) is 4.79 Å². The molecule has 4 nitrogen and oxygen atoms in total. The number of anilines is 2. The summed E-state index contributed by atoms with van der Waals surface area (Å²) in [4.78, 5) is 14.1. The molecule has 1 amide bonds. The minimum atomic E-state index is -1.66. The van der Waals surface area contributed by atoms with E-state index in [0.717, 1.165) is 31.3 Å². The van der Waals surface area contributed by atoms with Gasteiger partial charge in [0.15, 0.2) is 17.5 Å². The van der Waals surface area contributed by atoms with Gasteiger partial charge in [-0.05, 0) is 63.5 Å². The molecule has 0 radical (unpaired) electrons. The first-order valence-electron chi connectivity index (χ1n) is 7.82. The van der Waals surface area contributed by atoms with E-state index in [1.54, 1.807) is 24.3 Å². The largest absolute Gasteiger partial charge is 0.385 e. The first-order valence-corrected chi connectivity index (χ1v) is 7.82. The van der Waals surface area contributed by atoms with Crippen LogP contribution in [0, 0.1) is 17.5 Å². The molecule has 2 aromatic carbocycles. The Bertz CT molecular complexity index is 733. The molecule has 2 N–H and O–H groups in total. The quantitative estimate of drug-likeness (QED) is 0.590. The number of carbonyl (C=O) groups is 1. The molecule has 134 valence electrons. The molecule has 0 bridgehead atoms. The predicted octanol–water partition coefficient (Wildman–Crippen LogP) is 3.72. The van der Waals surface area contributed by atoms with Gasteiger partial charge in [0.05, 0.1) is 5.56 Å². The number of carbonyl (C=O) groups excluding carboxylic acids is 1. The number of nitrogens with one attached hydrogen (secondary N) is 2. The van der Waals surface area contributed by atoms with Gasteiger partial charge in [0, 0.05) is 17.9 Å². The van der Waals surface area contributed by atoms with Gasteiger partial charge in [-0.25, -0.2) is 13.2 Å². The average molecular weight is 351 g/mol. The summed E-state index contributed by atoms with van der Waals surface area (Å²) in [6.45, 7) is 1.78. The second-order valence-electron chi connectivity index (χ2n) is 5.84. The molecule has 0 aliphatic heterocycles. The summed E-state index contributed by atoms with van der Waals surface area (Å²) < 4.78 is 39.7. The fourth-order valence-electron chi connectivity index (χ4n) is 2.20. The summed E-state index contributed by atoms with van der Waals surface area (Å²) in [5, 5.41) is 5.70. The number of benzene rings is 2. The van der Waals surface area contributed by atoms with E-state index in [1.165, 1.54) is 0 Å². The Labute approximate surface area is 144 Å². The Hall–Kier alpha value is -2.54. The number of amides is 1. The van der Waals surface area contributed by atoms with Crippen LogP contribution in [-0.4, -0.2) is 38.0 Å². The normalized spacial score (nSPS) is 10.8. The Morgan fingerprint density at radius 2 is 1.60 bits per heavy atom. The maximum atomic E-state index is 13.6. The summed E-state index contributed by atoms with van der Waals surface area (Å²) in [6.07, 6.45) is 0.987. The molecular weight excluding hydrogens is 331 g/mol. The van der Waals surface area contributed by atoms with E-state index in [2.05, 4.69) is 15.5 Å². The van der Waals surface area contributed by atoms with Crippen LogP contribution in [0.15, 0.2) is 36.4 Å². The molecule has 2 rings (SSSR count). The molecule has 2 aromatic rings. The first kappa shape index (κ1) is 18.8. The van der Waals surface area contributed by atoms with Crippen LogP contribution in [-0.2, 0) is 0 Å². The summed E-state index contributed by atoms with van der Waals surface area (Å²) in [7, 11) is 4.01. The van der Waals surface area contributed by atoms with Crippen molar-refractivity contribution >= 4 is 17.3 Å². The van der Waals surface area contributed by atoms with Crippen molar-refractivity contribution in [2.75, 3.05) is 37.8 Å². The van der Waals surface area contributed by atoms with Crippen LogP contribution in [0.2, 0.25) is 0 Å². The van der Waals surface area contributed by atoms with Gasteiger partial charge in [0.2, 0.25) is 0 Å². The zero-order valence-corrected chi connectivity index (χ0v) is 14.1. The van der Waals surface area contributed by atoms with Gasteiger partial charge in [0.25, 0.3) is 5.91 Å².